The van der Waals surface area contributed by atoms with Crippen LogP contribution in [0.15, 0.2) is 23.1 Å². The summed E-state index contributed by atoms with van der Waals surface area (Å²) in [6.07, 6.45) is 5.60. The zero-order chi connectivity index (χ0) is 23.3. The van der Waals surface area contributed by atoms with E-state index in [0.29, 0.717) is 24.8 Å². The van der Waals surface area contributed by atoms with Crippen LogP contribution in [0.1, 0.15) is 58.4 Å². The first-order chi connectivity index (χ1) is 15.3. The molecule has 0 spiro atoms. The SMILES string of the molecule is CCCN(C)C[C@H]1Oc2cc(C#CC3CCCC3)ccc2S(=O)(=O)N([C@@H](C)CO)C[C@H]1C. The van der Waals surface area contributed by atoms with Crippen LogP contribution in [0.25, 0.3) is 0 Å². The number of benzene rings is 1. The van der Waals surface area contributed by atoms with Gasteiger partial charge in [-0.1, -0.05) is 38.5 Å². The lowest BCUT2D eigenvalue weighted by atomic mass is 10.0. The van der Waals surface area contributed by atoms with E-state index in [1.807, 2.05) is 6.92 Å². The molecule has 0 radical (unpaired) electrons. The highest BCUT2D eigenvalue weighted by molar-refractivity contribution is 7.89. The van der Waals surface area contributed by atoms with Crippen molar-refractivity contribution in [3.8, 4) is 17.6 Å². The minimum atomic E-state index is -3.81. The average molecular weight is 463 g/mol. The number of nitrogens with zero attached hydrogens (tertiary/aromatic N) is 2. The van der Waals surface area contributed by atoms with Crippen LogP contribution >= 0.6 is 0 Å². The molecule has 1 heterocycles. The second kappa shape index (κ2) is 11.0. The van der Waals surface area contributed by atoms with Gasteiger partial charge in [0.05, 0.1) is 6.61 Å². The molecule has 0 bridgehead atoms. The Bertz CT molecular complexity index is 931. The van der Waals surface area contributed by atoms with Gasteiger partial charge in [-0.25, -0.2) is 8.42 Å². The van der Waals surface area contributed by atoms with Crippen molar-refractivity contribution < 1.29 is 18.3 Å². The zero-order valence-corrected chi connectivity index (χ0v) is 20.7. The highest BCUT2D eigenvalue weighted by atomic mass is 32.2. The Hall–Kier alpha value is -1.59. The highest BCUT2D eigenvalue weighted by Crippen LogP contribution is 2.34. The van der Waals surface area contributed by atoms with Crippen molar-refractivity contribution in [1.29, 1.82) is 0 Å². The molecule has 1 aromatic carbocycles. The molecule has 7 heteroatoms. The number of likely N-dealkylation sites (N-methyl/N-ethyl adjacent to an activating group) is 1. The van der Waals surface area contributed by atoms with E-state index in [-0.39, 0.29) is 23.5 Å². The summed E-state index contributed by atoms with van der Waals surface area (Å²) in [6.45, 7) is 7.62. The van der Waals surface area contributed by atoms with Gasteiger partial charge in [0.25, 0.3) is 0 Å². The number of fused-ring (bicyclic) bond motifs is 1. The van der Waals surface area contributed by atoms with E-state index in [1.165, 1.54) is 17.1 Å². The van der Waals surface area contributed by atoms with Gasteiger partial charge in [-0.2, -0.15) is 4.31 Å². The number of aliphatic hydroxyl groups is 1. The van der Waals surface area contributed by atoms with E-state index in [0.717, 1.165) is 31.4 Å². The first kappa shape index (κ1) is 25.0. The van der Waals surface area contributed by atoms with Crippen molar-refractivity contribution in [3.05, 3.63) is 23.8 Å². The number of aliphatic hydroxyl groups excluding tert-OH is 1. The van der Waals surface area contributed by atoms with Crippen molar-refractivity contribution in [2.45, 2.75) is 69.9 Å². The Balaban J connectivity index is 2.01. The predicted octanol–water partition coefficient (Wildman–Crippen LogP) is 3.34. The second-order valence-corrected chi connectivity index (χ2v) is 11.3. The predicted molar refractivity (Wildman–Crippen MR) is 127 cm³/mol. The largest absolute Gasteiger partial charge is 0.487 e. The van der Waals surface area contributed by atoms with Gasteiger partial charge in [0.1, 0.15) is 16.7 Å². The molecule has 0 aromatic heterocycles. The fourth-order valence-electron chi connectivity index (χ4n) is 4.56. The van der Waals surface area contributed by atoms with Crippen molar-refractivity contribution in [2.24, 2.45) is 11.8 Å². The molecule has 3 rings (SSSR count). The lowest BCUT2D eigenvalue weighted by Gasteiger charge is -2.37. The molecule has 1 aromatic rings. The molecule has 1 fully saturated rings. The number of hydrogen-bond acceptors (Lipinski definition) is 5. The summed E-state index contributed by atoms with van der Waals surface area (Å²) in [5, 5.41) is 9.75. The Morgan fingerprint density at radius 1 is 1.31 bits per heavy atom. The minimum Gasteiger partial charge on any atom is -0.487 e. The van der Waals surface area contributed by atoms with Crippen LogP contribution in [0, 0.1) is 23.7 Å². The molecule has 178 valence electrons. The van der Waals surface area contributed by atoms with Crippen LogP contribution in [0.4, 0.5) is 0 Å². The van der Waals surface area contributed by atoms with Gasteiger partial charge in [-0.3, -0.25) is 0 Å². The monoisotopic (exact) mass is 462 g/mol. The van der Waals surface area contributed by atoms with Gasteiger partial charge in [0.2, 0.25) is 10.0 Å². The van der Waals surface area contributed by atoms with Gasteiger partial charge in [-0.15, -0.1) is 0 Å². The average Bonchev–Trinajstić information content (AvgIpc) is 3.28. The van der Waals surface area contributed by atoms with Gasteiger partial charge < -0.3 is 14.7 Å². The van der Waals surface area contributed by atoms with Crippen LogP contribution in [0.5, 0.6) is 5.75 Å². The van der Waals surface area contributed by atoms with Crippen LogP contribution in [-0.2, 0) is 10.0 Å². The molecule has 1 N–H and O–H groups in total. The lowest BCUT2D eigenvalue weighted by Crippen LogP contribution is -2.49. The standard InChI is InChI=1S/C25H38N2O4S/c1-5-14-26(4)17-24-19(2)16-27(20(3)18-28)32(29,30)25-13-12-22(15-23(25)31-24)11-10-21-8-6-7-9-21/h12-13,15,19-21,24,28H,5-9,14,16-18H2,1-4H3/t19-,20+,24-/m1/s1. The molecule has 1 aliphatic heterocycles. The maximum Gasteiger partial charge on any atom is 0.247 e. The topological polar surface area (TPSA) is 70.1 Å². The zero-order valence-electron chi connectivity index (χ0n) is 19.9. The van der Waals surface area contributed by atoms with E-state index < -0.39 is 16.1 Å². The fraction of sp³-hybridized carbons (Fsp3) is 0.680. The van der Waals surface area contributed by atoms with E-state index >= 15 is 0 Å². The number of ether oxygens (including phenoxy) is 1. The van der Waals surface area contributed by atoms with Crippen LogP contribution in [0.3, 0.4) is 0 Å². The summed E-state index contributed by atoms with van der Waals surface area (Å²) < 4.78 is 34.9. The fourth-order valence-corrected chi connectivity index (χ4v) is 6.38. The van der Waals surface area contributed by atoms with Crippen molar-refractivity contribution in [2.75, 3.05) is 33.3 Å². The molecule has 1 saturated carbocycles. The van der Waals surface area contributed by atoms with E-state index in [1.54, 1.807) is 25.1 Å². The minimum absolute atomic E-state index is 0.0422. The van der Waals surface area contributed by atoms with Gasteiger partial charge >= 0.3 is 0 Å². The summed E-state index contributed by atoms with van der Waals surface area (Å²) in [5.74, 6) is 7.34. The Kier molecular flexibility index (Phi) is 8.62. The van der Waals surface area contributed by atoms with Gasteiger partial charge in [0, 0.05) is 36.5 Å². The number of sulfonamides is 1. The first-order valence-corrected chi connectivity index (χ1v) is 13.3. The third-order valence-corrected chi connectivity index (χ3v) is 8.56. The van der Waals surface area contributed by atoms with E-state index in [4.69, 9.17) is 4.74 Å². The summed E-state index contributed by atoms with van der Waals surface area (Å²) in [6, 6.07) is 4.65. The van der Waals surface area contributed by atoms with Crippen molar-refractivity contribution >= 4 is 10.0 Å². The molecule has 32 heavy (non-hydrogen) atoms. The summed E-state index contributed by atoms with van der Waals surface area (Å²) in [7, 11) is -1.75. The molecule has 0 unspecified atom stereocenters. The first-order valence-electron chi connectivity index (χ1n) is 11.9. The molecule has 0 saturated heterocycles. The Morgan fingerprint density at radius 2 is 2.03 bits per heavy atom. The van der Waals surface area contributed by atoms with Crippen LogP contribution < -0.4 is 4.74 Å². The van der Waals surface area contributed by atoms with Gasteiger partial charge in [-0.05, 0) is 58.0 Å². The molecule has 0 amide bonds. The van der Waals surface area contributed by atoms with Crippen LogP contribution in [-0.4, -0.2) is 68.2 Å². The van der Waals surface area contributed by atoms with Crippen molar-refractivity contribution in [3.63, 3.8) is 0 Å². The smallest absolute Gasteiger partial charge is 0.247 e. The summed E-state index contributed by atoms with van der Waals surface area (Å²) >= 11 is 0. The number of hydrogen-bond donors (Lipinski definition) is 1. The van der Waals surface area contributed by atoms with E-state index in [9.17, 15) is 13.5 Å². The molecular weight excluding hydrogens is 424 g/mol. The number of rotatable bonds is 6. The Morgan fingerprint density at radius 3 is 2.69 bits per heavy atom. The Labute approximate surface area is 194 Å². The summed E-state index contributed by atoms with van der Waals surface area (Å²) in [5.41, 5.74) is 0.779. The maximum absolute atomic E-state index is 13.5. The molecule has 2 aliphatic rings. The molecule has 6 nitrogen and oxygen atoms in total. The maximum atomic E-state index is 13.5. The quantitative estimate of drug-likeness (QED) is 0.657. The van der Waals surface area contributed by atoms with Crippen LogP contribution in [0.2, 0.25) is 0 Å². The third-order valence-electron chi connectivity index (χ3n) is 6.54. The molecule has 1 aliphatic carbocycles. The van der Waals surface area contributed by atoms with Gasteiger partial charge in [0.15, 0.2) is 0 Å². The third kappa shape index (κ3) is 5.85. The van der Waals surface area contributed by atoms with Crippen molar-refractivity contribution in [1.82, 2.24) is 9.21 Å². The highest BCUT2D eigenvalue weighted by Gasteiger charge is 2.38. The summed E-state index contributed by atoms with van der Waals surface area (Å²) in [4.78, 5) is 2.37. The lowest BCUT2D eigenvalue weighted by molar-refractivity contribution is 0.0752. The van der Waals surface area contributed by atoms with E-state index in [2.05, 4.69) is 30.7 Å². The normalized spacial score (nSPS) is 24.7. The molecular formula is C25H38N2O4S. The molecule has 3 atom stereocenters. The second-order valence-electron chi connectivity index (χ2n) is 9.41.